The number of hydrogen-bond donors (Lipinski definition) is 4. The molecule has 0 radical (unpaired) electrons. The van der Waals surface area contributed by atoms with Gasteiger partial charge in [-0.2, -0.15) is 0 Å². The van der Waals surface area contributed by atoms with Crippen LogP contribution in [0.4, 0.5) is 8.78 Å². The molecule has 39 heavy (non-hydrogen) atoms. The molecule has 204 valence electrons. The van der Waals surface area contributed by atoms with Gasteiger partial charge in [-0.05, 0) is 31.1 Å². The first-order valence-corrected chi connectivity index (χ1v) is 13.1. The molecule has 2 aliphatic heterocycles. The Morgan fingerprint density at radius 1 is 1.23 bits per heavy atom. The van der Waals surface area contributed by atoms with Crippen LogP contribution in [0.3, 0.4) is 0 Å². The Hall–Kier alpha value is -3.86. The zero-order valence-electron chi connectivity index (χ0n) is 21.0. The molecular weight excluding hydrogens is 530 g/mol. The summed E-state index contributed by atoms with van der Waals surface area (Å²) in [5, 5.41) is 5.26. The van der Waals surface area contributed by atoms with Crippen molar-refractivity contribution >= 4 is 23.2 Å². The number of alkyl halides is 2. The molecule has 10 nitrogen and oxygen atoms in total. The molecule has 2 fully saturated rings. The second-order valence-corrected chi connectivity index (χ2v) is 10.1. The lowest BCUT2D eigenvalue weighted by Crippen LogP contribution is -2.43. The zero-order chi connectivity index (χ0) is 27.5. The first kappa shape index (κ1) is 26.7. The summed E-state index contributed by atoms with van der Waals surface area (Å²) in [4.78, 5) is 30.5. The number of nitrogens with zero attached hydrogens (tertiary/aromatic N) is 2. The van der Waals surface area contributed by atoms with Crippen molar-refractivity contribution in [1.29, 1.82) is 0 Å². The number of carbonyl (C=O) groups is 1. The molecule has 0 bridgehead atoms. The van der Waals surface area contributed by atoms with Gasteiger partial charge >= 0.3 is 0 Å². The number of rotatable bonds is 7. The smallest absolute Gasteiger partial charge is 0.261 e. The van der Waals surface area contributed by atoms with Gasteiger partial charge < -0.3 is 20.1 Å². The van der Waals surface area contributed by atoms with Crippen LogP contribution in [0.5, 0.6) is 5.75 Å². The predicted octanol–water partition coefficient (Wildman–Crippen LogP) is 1.94. The average Bonchev–Trinajstić information content (AvgIpc) is 3.68. The van der Waals surface area contributed by atoms with Gasteiger partial charge in [-0.3, -0.25) is 14.2 Å². The van der Waals surface area contributed by atoms with E-state index < -0.39 is 29.4 Å². The maximum atomic E-state index is 13.6. The van der Waals surface area contributed by atoms with E-state index in [9.17, 15) is 18.4 Å². The third kappa shape index (κ3) is 6.08. The van der Waals surface area contributed by atoms with Crippen LogP contribution in [-0.4, -0.2) is 53.0 Å². The number of amides is 1. The van der Waals surface area contributed by atoms with Crippen molar-refractivity contribution in [2.45, 2.75) is 36.2 Å². The monoisotopic (exact) mass is 556 g/mol. The highest BCUT2D eigenvalue weighted by atomic mass is 32.2. The second kappa shape index (κ2) is 11.5. The van der Waals surface area contributed by atoms with E-state index in [-0.39, 0.29) is 33.7 Å². The molecule has 0 aromatic carbocycles. The fraction of sp³-hybridized carbons (Fsp3) is 0.346. The highest BCUT2D eigenvalue weighted by molar-refractivity contribution is 8.00. The Kier molecular flexibility index (Phi) is 7.87. The Balaban J connectivity index is 1.50. The Labute approximate surface area is 227 Å². The van der Waals surface area contributed by atoms with Crippen LogP contribution < -0.4 is 31.8 Å². The first-order chi connectivity index (χ1) is 18.9. The number of carbonyl (C=O) groups excluding carboxylic acids is 1. The third-order valence-corrected chi connectivity index (χ3v) is 7.20. The van der Waals surface area contributed by atoms with E-state index in [1.807, 2.05) is 0 Å². The van der Waals surface area contributed by atoms with E-state index in [1.165, 1.54) is 67.4 Å². The maximum Gasteiger partial charge on any atom is 0.261 e. The minimum atomic E-state index is -2.71. The lowest BCUT2D eigenvalue weighted by Gasteiger charge is -2.24. The highest BCUT2D eigenvalue weighted by Crippen LogP contribution is 2.32. The maximum absolute atomic E-state index is 13.6. The lowest BCUT2D eigenvalue weighted by atomic mass is 9.95. The second-order valence-electron chi connectivity index (χ2n) is 8.90. The summed E-state index contributed by atoms with van der Waals surface area (Å²) in [5.41, 5.74) is 5.74. The quantitative estimate of drug-likeness (QED) is 0.380. The first-order valence-electron chi connectivity index (χ1n) is 12.1. The van der Waals surface area contributed by atoms with Crippen LogP contribution >= 0.6 is 11.8 Å². The van der Waals surface area contributed by atoms with Crippen LogP contribution in [0.1, 0.15) is 28.8 Å². The molecule has 1 saturated carbocycles. The van der Waals surface area contributed by atoms with Gasteiger partial charge in [-0.1, -0.05) is 23.6 Å². The molecule has 3 aliphatic rings. The van der Waals surface area contributed by atoms with Crippen molar-refractivity contribution in [3.05, 3.63) is 70.1 Å². The number of hydrazine groups is 1. The Morgan fingerprint density at radius 2 is 2.05 bits per heavy atom. The van der Waals surface area contributed by atoms with Gasteiger partial charge in [-0.25, -0.2) is 24.6 Å². The Bertz CT molecular complexity index is 1450. The molecule has 4 heterocycles. The standard InChI is InChI=1S/C26H26F2N6O4S/c1-37-15-7-8-34(23(35)9-15)21-11-16(17-10-19(24(27)28)29-13-20(17)38-2)18(12-30-21)25(36)31-26-33-32-22(39-26)6-5-14-3-4-14/h7-14,19,22,24,26,29,32-33H,3-4H2,1-2H3,(H,31,36). The number of halogens is 2. The normalized spacial score (nSPS) is 22.2. The molecular formula is C26H26F2N6O4S. The molecule has 4 N–H and O–H groups in total. The minimum Gasteiger partial charge on any atom is -0.497 e. The summed E-state index contributed by atoms with van der Waals surface area (Å²) < 4.78 is 39.1. The molecule has 1 amide bonds. The van der Waals surface area contributed by atoms with Gasteiger partial charge in [-0.15, -0.1) is 0 Å². The van der Waals surface area contributed by atoms with Crippen LogP contribution in [0.25, 0.3) is 11.4 Å². The van der Waals surface area contributed by atoms with Gasteiger partial charge in [0.25, 0.3) is 17.9 Å². The fourth-order valence-electron chi connectivity index (χ4n) is 3.97. The molecule has 3 atom stereocenters. The molecule has 1 saturated heterocycles. The number of aromatic nitrogens is 2. The number of methoxy groups -OCH3 is 2. The number of dihydropyridines is 1. The van der Waals surface area contributed by atoms with E-state index in [0.717, 1.165) is 12.8 Å². The topological polar surface area (TPSA) is 119 Å². The molecule has 1 aliphatic carbocycles. The summed E-state index contributed by atoms with van der Waals surface area (Å²) in [7, 11) is 2.84. The molecule has 5 rings (SSSR count). The van der Waals surface area contributed by atoms with Crippen LogP contribution in [0.2, 0.25) is 0 Å². The van der Waals surface area contributed by atoms with Crippen molar-refractivity contribution in [3.63, 3.8) is 0 Å². The van der Waals surface area contributed by atoms with Gasteiger partial charge in [0.05, 0.1) is 19.8 Å². The van der Waals surface area contributed by atoms with Gasteiger partial charge in [0.1, 0.15) is 34.2 Å². The average molecular weight is 557 g/mol. The van der Waals surface area contributed by atoms with Crippen molar-refractivity contribution in [1.82, 2.24) is 31.0 Å². The van der Waals surface area contributed by atoms with Crippen molar-refractivity contribution in [3.8, 4) is 23.4 Å². The molecule has 13 heteroatoms. The van der Waals surface area contributed by atoms with E-state index in [4.69, 9.17) is 9.47 Å². The predicted molar refractivity (Wildman–Crippen MR) is 142 cm³/mol. The van der Waals surface area contributed by atoms with Crippen molar-refractivity contribution < 1.29 is 23.0 Å². The highest BCUT2D eigenvalue weighted by Gasteiger charge is 2.30. The summed E-state index contributed by atoms with van der Waals surface area (Å²) in [6, 6.07) is 3.06. The van der Waals surface area contributed by atoms with E-state index in [2.05, 4.69) is 38.3 Å². The zero-order valence-corrected chi connectivity index (χ0v) is 21.9. The van der Waals surface area contributed by atoms with E-state index >= 15 is 0 Å². The summed E-state index contributed by atoms with van der Waals surface area (Å²) in [5.74, 6) is 7.07. The lowest BCUT2D eigenvalue weighted by molar-refractivity contribution is 0.0944. The van der Waals surface area contributed by atoms with Crippen LogP contribution in [0.15, 0.2) is 53.4 Å². The minimum absolute atomic E-state index is 0.111. The Morgan fingerprint density at radius 3 is 2.74 bits per heavy atom. The SMILES string of the molecule is COC1=CNC(C(F)F)C=C1c1cc(-n2ccc(OC)cc2=O)ncc1C(=O)NC1NNC(C#CC2CC2)S1. The summed E-state index contributed by atoms with van der Waals surface area (Å²) in [6.45, 7) is 0. The van der Waals surface area contributed by atoms with E-state index in [0.29, 0.717) is 11.7 Å². The van der Waals surface area contributed by atoms with Crippen molar-refractivity contribution in [2.24, 2.45) is 5.92 Å². The van der Waals surface area contributed by atoms with Crippen LogP contribution in [0, 0.1) is 17.8 Å². The largest absolute Gasteiger partial charge is 0.497 e. The molecule has 0 spiro atoms. The number of hydrogen-bond acceptors (Lipinski definition) is 9. The van der Waals surface area contributed by atoms with Crippen molar-refractivity contribution in [2.75, 3.05) is 14.2 Å². The number of allylic oxidation sites excluding steroid dienone is 1. The van der Waals surface area contributed by atoms with Crippen LogP contribution in [-0.2, 0) is 4.74 Å². The molecule has 3 unspecified atom stereocenters. The molecule has 2 aromatic rings. The van der Waals surface area contributed by atoms with E-state index in [1.54, 1.807) is 6.07 Å². The molecule has 2 aromatic heterocycles. The summed E-state index contributed by atoms with van der Waals surface area (Å²) >= 11 is 1.39. The number of pyridine rings is 2. The van der Waals surface area contributed by atoms with Gasteiger partial charge in [0, 0.05) is 41.7 Å². The summed E-state index contributed by atoms with van der Waals surface area (Å²) in [6.07, 6.45) is 4.92. The van der Waals surface area contributed by atoms with Gasteiger partial charge in [0.2, 0.25) is 0 Å². The van der Waals surface area contributed by atoms with Gasteiger partial charge in [0.15, 0.2) is 0 Å². The third-order valence-electron chi connectivity index (χ3n) is 6.18. The fourth-order valence-corrected chi connectivity index (χ4v) is 4.82. The number of thioether (sulfide) groups is 1. The number of ether oxygens (including phenoxy) is 2. The number of nitrogens with one attached hydrogen (secondary N) is 4.